The van der Waals surface area contributed by atoms with Gasteiger partial charge in [0, 0.05) is 43.9 Å². The number of likely N-dealkylation sites (tertiary alicyclic amines) is 1. The normalized spacial score (nSPS) is 20.9. The molecule has 0 N–H and O–H groups in total. The summed E-state index contributed by atoms with van der Waals surface area (Å²) in [6.45, 7) is 7.05. The molecule has 0 aliphatic carbocycles. The number of amides is 2. The van der Waals surface area contributed by atoms with Crippen molar-refractivity contribution in [2.45, 2.75) is 45.4 Å². The molecule has 2 amide bonds. The fourth-order valence-electron chi connectivity index (χ4n) is 5.35. The van der Waals surface area contributed by atoms with E-state index in [2.05, 4.69) is 12.1 Å². The number of rotatable bonds is 5. The number of carbonyl (C=O) groups is 2. The molecule has 3 aromatic rings. The predicted molar refractivity (Wildman–Crippen MR) is 138 cm³/mol. The lowest BCUT2D eigenvalue weighted by molar-refractivity contribution is -0.148. The van der Waals surface area contributed by atoms with Gasteiger partial charge in [-0.25, -0.2) is 0 Å². The topological polar surface area (TPSA) is 67.7 Å². The first kappa shape index (κ1) is 24.3. The highest BCUT2D eigenvalue weighted by atomic mass is 16.5. The standard InChI is InChI=1S/C29H34N4O3/c1-21-17-32(18-22(2)36-21)28(34)25-13-15-31(16-14-25)29(35)26-20-33(19-23-9-5-3-6-10-23)30-27(26)24-11-7-4-8-12-24/h3-12,20-22,25H,13-19H2,1-2H3. The second-order valence-corrected chi connectivity index (χ2v) is 10.0. The maximum atomic E-state index is 13.7. The summed E-state index contributed by atoms with van der Waals surface area (Å²) in [6, 6.07) is 20.0. The molecule has 0 spiro atoms. The van der Waals surface area contributed by atoms with Gasteiger partial charge in [0.15, 0.2) is 0 Å². The van der Waals surface area contributed by atoms with Gasteiger partial charge in [-0.3, -0.25) is 14.3 Å². The van der Waals surface area contributed by atoms with Gasteiger partial charge in [0.2, 0.25) is 5.91 Å². The van der Waals surface area contributed by atoms with Crippen molar-refractivity contribution in [1.29, 1.82) is 0 Å². The lowest BCUT2D eigenvalue weighted by Gasteiger charge is -2.39. The van der Waals surface area contributed by atoms with Crippen molar-refractivity contribution in [1.82, 2.24) is 19.6 Å². The van der Waals surface area contributed by atoms with Crippen LogP contribution in [0.5, 0.6) is 0 Å². The number of ether oxygens (including phenoxy) is 1. The van der Waals surface area contributed by atoms with Crippen LogP contribution in [0, 0.1) is 5.92 Å². The molecular formula is C29H34N4O3. The van der Waals surface area contributed by atoms with Crippen LogP contribution in [0.1, 0.15) is 42.6 Å². The van der Waals surface area contributed by atoms with Gasteiger partial charge < -0.3 is 14.5 Å². The Kier molecular flexibility index (Phi) is 7.18. The average Bonchev–Trinajstić information content (AvgIpc) is 3.32. The number of piperidine rings is 1. The molecule has 0 radical (unpaired) electrons. The number of hydrogen-bond acceptors (Lipinski definition) is 4. The quantitative estimate of drug-likeness (QED) is 0.545. The van der Waals surface area contributed by atoms with Crippen LogP contribution in [-0.2, 0) is 16.1 Å². The molecule has 2 aromatic carbocycles. The van der Waals surface area contributed by atoms with Gasteiger partial charge in [0.25, 0.3) is 5.91 Å². The Morgan fingerprint density at radius 2 is 1.50 bits per heavy atom. The molecule has 1 aromatic heterocycles. The molecular weight excluding hydrogens is 452 g/mol. The van der Waals surface area contributed by atoms with Crippen molar-refractivity contribution in [3.63, 3.8) is 0 Å². The van der Waals surface area contributed by atoms with E-state index in [1.165, 1.54) is 0 Å². The van der Waals surface area contributed by atoms with E-state index in [0.29, 0.717) is 56.8 Å². The minimum absolute atomic E-state index is 0.0207. The molecule has 3 heterocycles. The Hall–Kier alpha value is -3.45. The van der Waals surface area contributed by atoms with Crippen LogP contribution in [-0.4, -0.2) is 69.8 Å². The smallest absolute Gasteiger partial charge is 0.257 e. The molecule has 2 saturated heterocycles. The van der Waals surface area contributed by atoms with E-state index in [4.69, 9.17) is 9.84 Å². The highest BCUT2D eigenvalue weighted by molar-refractivity contribution is 6.00. The third-order valence-corrected chi connectivity index (χ3v) is 7.09. The van der Waals surface area contributed by atoms with Crippen LogP contribution in [0.25, 0.3) is 11.3 Å². The van der Waals surface area contributed by atoms with Crippen LogP contribution in [0.15, 0.2) is 66.9 Å². The Labute approximate surface area is 212 Å². The van der Waals surface area contributed by atoms with Crippen LogP contribution in [0.3, 0.4) is 0 Å². The van der Waals surface area contributed by atoms with E-state index in [0.717, 1.165) is 11.1 Å². The van der Waals surface area contributed by atoms with E-state index in [9.17, 15) is 9.59 Å². The van der Waals surface area contributed by atoms with Crippen molar-refractivity contribution >= 4 is 11.8 Å². The Morgan fingerprint density at radius 3 is 2.14 bits per heavy atom. The summed E-state index contributed by atoms with van der Waals surface area (Å²) in [7, 11) is 0. The zero-order valence-corrected chi connectivity index (χ0v) is 21.0. The maximum absolute atomic E-state index is 13.7. The summed E-state index contributed by atoms with van der Waals surface area (Å²) < 4.78 is 7.63. The van der Waals surface area contributed by atoms with Crippen molar-refractivity contribution in [3.05, 3.63) is 78.0 Å². The molecule has 36 heavy (non-hydrogen) atoms. The Morgan fingerprint density at radius 1 is 0.889 bits per heavy atom. The number of carbonyl (C=O) groups excluding carboxylic acids is 2. The first-order valence-electron chi connectivity index (χ1n) is 12.9. The van der Waals surface area contributed by atoms with E-state index in [1.807, 2.05) is 83.1 Å². The van der Waals surface area contributed by atoms with Crippen molar-refractivity contribution in [2.75, 3.05) is 26.2 Å². The van der Waals surface area contributed by atoms with E-state index in [1.54, 1.807) is 0 Å². The minimum Gasteiger partial charge on any atom is -0.372 e. The molecule has 5 rings (SSSR count). The average molecular weight is 487 g/mol. The van der Waals surface area contributed by atoms with Crippen molar-refractivity contribution in [2.24, 2.45) is 5.92 Å². The Bertz CT molecular complexity index is 1180. The largest absolute Gasteiger partial charge is 0.372 e. The highest BCUT2D eigenvalue weighted by Gasteiger charge is 2.34. The van der Waals surface area contributed by atoms with E-state index in [-0.39, 0.29) is 29.9 Å². The lowest BCUT2D eigenvalue weighted by Crippen LogP contribution is -2.51. The number of benzene rings is 2. The highest BCUT2D eigenvalue weighted by Crippen LogP contribution is 2.27. The van der Waals surface area contributed by atoms with Crippen LogP contribution in [0.4, 0.5) is 0 Å². The summed E-state index contributed by atoms with van der Waals surface area (Å²) in [5.74, 6) is 0.137. The fourth-order valence-corrected chi connectivity index (χ4v) is 5.35. The lowest BCUT2D eigenvalue weighted by atomic mass is 9.94. The molecule has 7 heteroatoms. The molecule has 2 aliphatic rings. The number of morpholine rings is 1. The molecule has 0 bridgehead atoms. The third-order valence-electron chi connectivity index (χ3n) is 7.09. The zero-order chi connectivity index (χ0) is 25.1. The van der Waals surface area contributed by atoms with Crippen LogP contribution in [0.2, 0.25) is 0 Å². The van der Waals surface area contributed by atoms with Gasteiger partial charge in [0.1, 0.15) is 5.69 Å². The molecule has 0 saturated carbocycles. The maximum Gasteiger partial charge on any atom is 0.257 e. The molecule has 2 atom stereocenters. The van der Waals surface area contributed by atoms with Crippen molar-refractivity contribution < 1.29 is 14.3 Å². The molecule has 7 nitrogen and oxygen atoms in total. The van der Waals surface area contributed by atoms with Crippen LogP contribution >= 0.6 is 0 Å². The molecule has 2 aliphatic heterocycles. The SMILES string of the molecule is CC1CN(C(=O)C2CCN(C(=O)c3cn(Cc4ccccc4)nc3-c3ccccc3)CC2)CC(C)O1. The molecule has 2 unspecified atom stereocenters. The van der Waals surface area contributed by atoms with Crippen molar-refractivity contribution in [3.8, 4) is 11.3 Å². The minimum atomic E-state index is -0.0408. The van der Waals surface area contributed by atoms with Crippen LogP contribution < -0.4 is 0 Å². The zero-order valence-electron chi connectivity index (χ0n) is 21.0. The first-order chi connectivity index (χ1) is 17.5. The summed E-state index contributed by atoms with van der Waals surface area (Å²) in [4.78, 5) is 30.7. The summed E-state index contributed by atoms with van der Waals surface area (Å²) >= 11 is 0. The van der Waals surface area contributed by atoms with Gasteiger partial charge in [-0.1, -0.05) is 60.7 Å². The fraction of sp³-hybridized carbons (Fsp3) is 0.414. The van der Waals surface area contributed by atoms with E-state index < -0.39 is 0 Å². The summed E-state index contributed by atoms with van der Waals surface area (Å²) in [6.07, 6.45) is 3.35. The summed E-state index contributed by atoms with van der Waals surface area (Å²) in [5.41, 5.74) is 3.36. The van der Waals surface area contributed by atoms with Gasteiger partial charge >= 0.3 is 0 Å². The third kappa shape index (κ3) is 5.36. The van der Waals surface area contributed by atoms with Gasteiger partial charge in [0.05, 0.1) is 24.3 Å². The first-order valence-corrected chi connectivity index (χ1v) is 12.9. The molecule has 2 fully saturated rings. The monoisotopic (exact) mass is 486 g/mol. The second kappa shape index (κ2) is 10.7. The number of hydrogen-bond donors (Lipinski definition) is 0. The molecule has 188 valence electrons. The second-order valence-electron chi connectivity index (χ2n) is 10.0. The number of nitrogens with zero attached hydrogens (tertiary/aromatic N) is 4. The Balaban J connectivity index is 1.30. The number of aromatic nitrogens is 2. The van der Waals surface area contributed by atoms with E-state index >= 15 is 0 Å². The van der Waals surface area contributed by atoms with Gasteiger partial charge in [-0.05, 0) is 32.3 Å². The summed E-state index contributed by atoms with van der Waals surface area (Å²) in [5, 5.41) is 4.81. The predicted octanol–water partition coefficient (Wildman–Crippen LogP) is 4.09. The van der Waals surface area contributed by atoms with Gasteiger partial charge in [-0.2, -0.15) is 5.10 Å². The van der Waals surface area contributed by atoms with Gasteiger partial charge in [-0.15, -0.1) is 0 Å².